The van der Waals surface area contributed by atoms with Crippen LogP contribution in [-0.4, -0.2) is 54.8 Å². The van der Waals surface area contributed by atoms with Crippen LogP contribution in [-0.2, 0) is 9.59 Å². The van der Waals surface area contributed by atoms with E-state index in [2.05, 4.69) is 10.6 Å². The Bertz CT molecular complexity index is 1030. The Labute approximate surface area is 186 Å². The summed E-state index contributed by atoms with van der Waals surface area (Å²) in [5.74, 6) is -0.653. The summed E-state index contributed by atoms with van der Waals surface area (Å²) in [4.78, 5) is 49.7. The molecular formula is C24H27N3O5. The summed E-state index contributed by atoms with van der Waals surface area (Å²) in [6.07, 6.45) is -0.00552. The Morgan fingerprint density at radius 3 is 2.03 bits per heavy atom. The van der Waals surface area contributed by atoms with Crippen LogP contribution < -0.4 is 15.4 Å². The highest BCUT2D eigenvalue weighted by Gasteiger charge is 2.34. The summed E-state index contributed by atoms with van der Waals surface area (Å²) < 4.78 is 5.66. The summed E-state index contributed by atoms with van der Waals surface area (Å²) in [6, 6.07) is 10.6. The largest absolute Gasteiger partial charge is 0.483 e. The molecule has 2 aromatic rings. The zero-order chi connectivity index (χ0) is 23.3. The molecule has 32 heavy (non-hydrogen) atoms. The molecule has 1 aliphatic heterocycles. The van der Waals surface area contributed by atoms with Crippen LogP contribution in [0.15, 0.2) is 36.4 Å². The zero-order valence-electron chi connectivity index (χ0n) is 18.5. The molecule has 0 saturated heterocycles. The van der Waals surface area contributed by atoms with Crippen molar-refractivity contribution in [1.29, 1.82) is 0 Å². The molecule has 3 rings (SSSR count). The molecule has 0 aromatic heterocycles. The van der Waals surface area contributed by atoms with Crippen molar-refractivity contribution in [3.8, 4) is 5.75 Å². The van der Waals surface area contributed by atoms with Gasteiger partial charge in [-0.2, -0.15) is 0 Å². The normalized spacial score (nSPS) is 12.5. The SMILES string of the molecule is Cc1ccc(C)c(OCC(=O)NCCNC(=O)CCN2C(=O)c3ccccc3C2=O)c1C. The van der Waals surface area contributed by atoms with Gasteiger partial charge in [-0.05, 0) is 49.6 Å². The van der Waals surface area contributed by atoms with Crippen molar-refractivity contribution >= 4 is 23.6 Å². The lowest BCUT2D eigenvalue weighted by Gasteiger charge is -2.14. The van der Waals surface area contributed by atoms with Crippen LogP contribution in [0.3, 0.4) is 0 Å². The highest BCUT2D eigenvalue weighted by atomic mass is 16.5. The second-order valence-electron chi connectivity index (χ2n) is 7.70. The average molecular weight is 437 g/mol. The molecule has 0 fully saturated rings. The van der Waals surface area contributed by atoms with E-state index >= 15 is 0 Å². The predicted molar refractivity (Wildman–Crippen MR) is 119 cm³/mol. The molecular weight excluding hydrogens is 410 g/mol. The number of fused-ring (bicyclic) bond motifs is 1. The van der Waals surface area contributed by atoms with Crippen molar-refractivity contribution in [3.05, 3.63) is 64.2 Å². The lowest BCUT2D eigenvalue weighted by Crippen LogP contribution is -2.38. The van der Waals surface area contributed by atoms with E-state index in [-0.39, 0.29) is 56.3 Å². The van der Waals surface area contributed by atoms with Gasteiger partial charge in [-0.3, -0.25) is 24.1 Å². The minimum atomic E-state index is -0.384. The molecule has 0 aliphatic carbocycles. The Balaban J connectivity index is 1.34. The topological polar surface area (TPSA) is 105 Å². The van der Waals surface area contributed by atoms with Gasteiger partial charge in [0.15, 0.2) is 6.61 Å². The van der Waals surface area contributed by atoms with Gasteiger partial charge in [0.25, 0.3) is 17.7 Å². The molecule has 0 saturated carbocycles. The van der Waals surface area contributed by atoms with E-state index in [9.17, 15) is 19.2 Å². The lowest BCUT2D eigenvalue weighted by atomic mass is 10.1. The third kappa shape index (κ3) is 5.14. The van der Waals surface area contributed by atoms with Crippen molar-refractivity contribution in [2.45, 2.75) is 27.2 Å². The van der Waals surface area contributed by atoms with Crippen molar-refractivity contribution in [3.63, 3.8) is 0 Å². The molecule has 1 aliphatic rings. The monoisotopic (exact) mass is 437 g/mol. The number of nitrogens with zero attached hydrogens (tertiary/aromatic N) is 1. The van der Waals surface area contributed by atoms with Gasteiger partial charge in [0.1, 0.15) is 5.75 Å². The maximum Gasteiger partial charge on any atom is 0.261 e. The van der Waals surface area contributed by atoms with Gasteiger partial charge in [0.2, 0.25) is 5.91 Å². The van der Waals surface area contributed by atoms with E-state index in [1.165, 1.54) is 0 Å². The number of aryl methyl sites for hydroxylation is 2. The molecule has 0 unspecified atom stereocenters. The predicted octanol–water partition coefficient (Wildman–Crippen LogP) is 1.91. The first-order valence-electron chi connectivity index (χ1n) is 10.5. The number of hydrogen-bond acceptors (Lipinski definition) is 5. The quantitative estimate of drug-likeness (QED) is 0.461. The Morgan fingerprint density at radius 2 is 1.41 bits per heavy atom. The van der Waals surface area contributed by atoms with Crippen LogP contribution >= 0.6 is 0 Å². The first-order chi connectivity index (χ1) is 15.3. The number of imide groups is 1. The number of carbonyl (C=O) groups excluding carboxylic acids is 4. The van der Waals surface area contributed by atoms with Gasteiger partial charge < -0.3 is 15.4 Å². The van der Waals surface area contributed by atoms with Gasteiger partial charge in [0.05, 0.1) is 11.1 Å². The van der Waals surface area contributed by atoms with Crippen molar-refractivity contribution < 1.29 is 23.9 Å². The molecule has 2 aromatic carbocycles. The maximum atomic E-state index is 12.3. The fourth-order valence-corrected chi connectivity index (χ4v) is 3.48. The number of carbonyl (C=O) groups is 4. The number of benzene rings is 2. The second kappa shape index (κ2) is 10.1. The van der Waals surface area contributed by atoms with Gasteiger partial charge in [-0.15, -0.1) is 0 Å². The van der Waals surface area contributed by atoms with Crippen LogP contribution in [0.25, 0.3) is 0 Å². The minimum absolute atomic E-state index is 0.00552. The molecule has 2 N–H and O–H groups in total. The minimum Gasteiger partial charge on any atom is -0.483 e. The van der Waals surface area contributed by atoms with Crippen molar-refractivity contribution in [1.82, 2.24) is 15.5 Å². The third-order valence-electron chi connectivity index (χ3n) is 5.43. The maximum absolute atomic E-state index is 12.3. The number of hydrogen-bond donors (Lipinski definition) is 2. The van der Waals surface area contributed by atoms with E-state index in [1.54, 1.807) is 24.3 Å². The molecule has 0 spiro atoms. The molecule has 8 nitrogen and oxygen atoms in total. The Hall–Kier alpha value is -3.68. The van der Waals surface area contributed by atoms with Crippen molar-refractivity contribution in [2.24, 2.45) is 0 Å². The van der Waals surface area contributed by atoms with Gasteiger partial charge >= 0.3 is 0 Å². The van der Waals surface area contributed by atoms with Crippen LogP contribution in [0, 0.1) is 20.8 Å². The first-order valence-corrected chi connectivity index (χ1v) is 10.5. The molecule has 0 bridgehead atoms. The van der Waals surface area contributed by atoms with E-state index in [4.69, 9.17) is 4.74 Å². The summed E-state index contributed by atoms with van der Waals surface area (Å²) >= 11 is 0. The summed E-state index contributed by atoms with van der Waals surface area (Å²) in [5.41, 5.74) is 3.78. The fourth-order valence-electron chi connectivity index (χ4n) is 3.48. The zero-order valence-corrected chi connectivity index (χ0v) is 18.5. The van der Waals surface area contributed by atoms with E-state index in [0.29, 0.717) is 16.9 Å². The van der Waals surface area contributed by atoms with Crippen molar-refractivity contribution in [2.75, 3.05) is 26.2 Å². The smallest absolute Gasteiger partial charge is 0.261 e. The lowest BCUT2D eigenvalue weighted by molar-refractivity contribution is -0.124. The molecule has 1 heterocycles. The summed E-state index contributed by atoms with van der Waals surface area (Å²) in [5, 5.41) is 5.36. The number of nitrogens with one attached hydrogen (secondary N) is 2. The highest BCUT2D eigenvalue weighted by Crippen LogP contribution is 2.25. The van der Waals surface area contributed by atoms with Gasteiger partial charge in [-0.25, -0.2) is 0 Å². The van der Waals surface area contributed by atoms with Gasteiger partial charge in [0, 0.05) is 26.1 Å². The third-order valence-corrected chi connectivity index (χ3v) is 5.43. The molecule has 0 radical (unpaired) electrons. The number of amides is 4. The molecule has 168 valence electrons. The van der Waals surface area contributed by atoms with E-state index in [1.807, 2.05) is 32.9 Å². The molecule has 8 heteroatoms. The molecule has 0 atom stereocenters. The standard InChI is InChI=1S/C24H27N3O5/c1-15-8-9-16(2)22(17(15)3)32-14-21(29)26-12-11-25-20(28)10-13-27-23(30)18-6-4-5-7-19(18)24(27)31/h4-9H,10-14H2,1-3H3,(H,25,28)(H,26,29). The Kier molecular flexibility index (Phi) is 7.25. The fraction of sp³-hybridized carbons (Fsp3) is 0.333. The van der Waals surface area contributed by atoms with E-state index < -0.39 is 0 Å². The number of ether oxygens (including phenoxy) is 1. The highest BCUT2D eigenvalue weighted by molar-refractivity contribution is 6.21. The van der Waals surface area contributed by atoms with Crippen LogP contribution in [0.5, 0.6) is 5.75 Å². The number of rotatable bonds is 9. The van der Waals surface area contributed by atoms with Crippen LogP contribution in [0.2, 0.25) is 0 Å². The average Bonchev–Trinajstić information content (AvgIpc) is 3.02. The summed E-state index contributed by atoms with van der Waals surface area (Å²) in [6.45, 7) is 6.23. The van der Waals surface area contributed by atoms with E-state index in [0.717, 1.165) is 21.6 Å². The summed E-state index contributed by atoms with van der Waals surface area (Å²) in [7, 11) is 0. The van der Waals surface area contributed by atoms with Crippen LogP contribution in [0.1, 0.15) is 43.8 Å². The first kappa shape index (κ1) is 23.0. The van der Waals surface area contributed by atoms with Crippen LogP contribution in [0.4, 0.5) is 0 Å². The molecule has 4 amide bonds. The van der Waals surface area contributed by atoms with Gasteiger partial charge in [-0.1, -0.05) is 24.3 Å². The second-order valence-corrected chi connectivity index (χ2v) is 7.70. The Morgan fingerprint density at radius 1 is 0.844 bits per heavy atom.